The summed E-state index contributed by atoms with van der Waals surface area (Å²) in [5.41, 5.74) is 1.79. The Morgan fingerprint density at radius 2 is 1.45 bits per heavy atom. The van der Waals surface area contributed by atoms with Crippen molar-refractivity contribution in [1.29, 1.82) is 0 Å². The maximum atomic E-state index is 13.1. The van der Waals surface area contributed by atoms with Crippen LogP contribution in [0.3, 0.4) is 0 Å². The molecule has 1 aliphatic rings. The summed E-state index contributed by atoms with van der Waals surface area (Å²) in [5.74, 6) is 1.52. The summed E-state index contributed by atoms with van der Waals surface area (Å²) in [6.45, 7) is 5.44. The molecule has 2 aromatic rings. The summed E-state index contributed by atoms with van der Waals surface area (Å²) >= 11 is 0. The Kier molecular flexibility index (Phi) is 8.17. The van der Waals surface area contributed by atoms with Crippen LogP contribution in [0.15, 0.2) is 42.5 Å². The Hall–Kier alpha value is -2.44. The van der Waals surface area contributed by atoms with Crippen molar-refractivity contribution < 1.29 is 19.0 Å². The van der Waals surface area contributed by atoms with Gasteiger partial charge in [-0.05, 0) is 31.2 Å². The standard InChI is InChI=1S/C22H28N2O4.ClH/c1-16(23-10-12-24(13-11-23)18-8-6-5-7-9-18)21(25)17-14-19(26-2)22(28-4)20(15-17)27-3;/h5-9,14-16H,10-13H2,1-4H3;1H. The molecule has 0 N–H and O–H groups in total. The van der Waals surface area contributed by atoms with Gasteiger partial charge < -0.3 is 19.1 Å². The second kappa shape index (κ2) is 10.4. The number of hydrogen-bond donors (Lipinski definition) is 0. The summed E-state index contributed by atoms with van der Waals surface area (Å²) in [5, 5.41) is 0. The molecule has 0 radical (unpaired) electrons. The van der Waals surface area contributed by atoms with Crippen LogP contribution in [0.2, 0.25) is 0 Å². The number of methoxy groups -OCH3 is 3. The van der Waals surface area contributed by atoms with E-state index in [1.165, 1.54) is 5.69 Å². The van der Waals surface area contributed by atoms with Crippen LogP contribution < -0.4 is 19.1 Å². The van der Waals surface area contributed by atoms with E-state index in [-0.39, 0.29) is 24.2 Å². The fourth-order valence-corrected chi connectivity index (χ4v) is 3.64. The highest BCUT2D eigenvalue weighted by Gasteiger charge is 2.28. The van der Waals surface area contributed by atoms with Crippen LogP contribution in [0.25, 0.3) is 0 Å². The first-order valence-corrected chi connectivity index (χ1v) is 9.47. The summed E-state index contributed by atoms with van der Waals surface area (Å²) in [6, 6.07) is 13.6. The number of Topliss-reactive ketones (excluding diaryl/α,β-unsaturated/α-hetero) is 1. The molecule has 0 saturated carbocycles. The van der Waals surface area contributed by atoms with Gasteiger partial charge in [-0.25, -0.2) is 0 Å². The monoisotopic (exact) mass is 420 g/mol. The van der Waals surface area contributed by atoms with E-state index in [0.29, 0.717) is 22.8 Å². The number of para-hydroxylation sites is 1. The lowest BCUT2D eigenvalue weighted by atomic mass is 10.0. The molecule has 7 heteroatoms. The largest absolute Gasteiger partial charge is 0.493 e. The second-order valence-corrected chi connectivity index (χ2v) is 6.81. The number of rotatable bonds is 7. The lowest BCUT2D eigenvalue weighted by molar-refractivity contribution is 0.0829. The zero-order valence-corrected chi connectivity index (χ0v) is 18.2. The topological polar surface area (TPSA) is 51.2 Å². The van der Waals surface area contributed by atoms with Gasteiger partial charge in [0.1, 0.15) is 0 Å². The highest BCUT2D eigenvalue weighted by molar-refractivity contribution is 6.01. The molecule has 0 amide bonds. The Labute approximate surface area is 178 Å². The van der Waals surface area contributed by atoms with Gasteiger partial charge in [0.2, 0.25) is 5.75 Å². The first-order chi connectivity index (χ1) is 13.6. The van der Waals surface area contributed by atoms with Crippen LogP contribution >= 0.6 is 12.4 Å². The SMILES string of the molecule is COc1cc(C(=O)C(C)N2CCN(c3ccccc3)CC2)cc(OC)c1OC.Cl. The first-order valence-electron chi connectivity index (χ1n) is 9.47. The Morgan fingerprint density at radius 1 is 0.897 bits per heavy atom. The third-order valence-corrected chi connectivity index (χ3v) is 5.31. The molecule has 1 atom stereocenters. The third-order valence-electron chi connectivity index (χ3n) is 5.31. The highest BCUT2D eigenvalue weighted by atomic mass is 35.5. The molecule has 6 nitrogen and oxygen atoms in total. The molecular weight excluding hydrogens is 392 g/mol. The van der Waals surface area contributed by atoms with E-state index in [4.69, 9.17) is 14.2 Å². The Bertz CT molecular complexity index is 783. The summed E-state index contributed by atoms with van der Waals surface area (Å²) in [6.07, 6.45) is 0. The van der Waals surface area contributed by atoms with Crippen LogP contribution in [-0.2, 0) is 0 Å². The molecule has 3 rings (SSSR count). The number of ketones is 1. The van der Waals surface area contributed by atoms with Gasteiger partial charge in [-0.1, -0.05) is 18.2 Å². The van der Waals surface area contributed by atoms with Crippen molar-refractivity contribution >= 4 is 23.9 Å². The van der Waals surface area contributed by atoms with Crippen LogP contribution in [0.1, 0.15) is 17.3 Å². The van der Waals surface area contributed by atoms with Gasteiger partial charge in [-0.3, -0.25) is 9.69 Å². The minimum Gasteiger partial charge on any atom is -0.493 e. The minimum absolute atomic E-state index is 0. The number of anilines is 1. The zero-order chi connectivity index (χ0) is 20.1. The van der Waals surface area contributed by atoms with Gasteiger partial charge in [-0.2, -0.15) is 0 Å². The average Bonchev–Trinajstić information content (AvgIpc) is 2.77. The quantitative estimate of drug-likeness (QED) is 0.639. The van der Waals surface area contributed by atoms with Crippen LogP contribution in [0.4, 0.5) is 5.69 Å². The summed E-state index contributed by atoms with van der Waals surface area (Å²) in [7, 11) is 4.66. The van der Waals surface area contributed by atoms with Crippen molar-refractivity contribution in [3.63, 3.8) is 0 Å². The van der Waals surface area contributed by atoms with E-state index in [1.54, 1.807) is 33.5 Å². The van der Waals surface area contributed by atoms with E-state index >= 15 is 0 Å². The number of carbonyl (C=O) groups excluding carboxylic acids is 1. The molecule has 158 valence electrons. The van der Waals surface area contributed by atoms with Crippen LogP contribution in [0, 0.1) is 0 Å². The van der Waals surface area contributed by atoms with Crippen molar-refractivity contribution in [3.05, 3.63) is 48.0 Å². The normalized spacial score (nSPS) is 15.2. The lowest BCUT2D eigenvalue weighted by Gasteiger charge is -2.38. The van der Waals surface area contributed by atoms with Crippen molar-refractivity contribution in [2.24, 2.45) is 0 Å². The summed E-state index contributed by atoms with van der Waals surface area (Å²) < 4.78 is 16.1. The zero-order valence-electron chi connectivity index (χ0n) is 17.4. The fraction of sp³-hybridized carbons (Fsp3) is 0.409. The number of hydrogen-bond acceptors (Lipinski definition) is 6. The van der Waals surface area contributed by atoms with Crippen molar-refractivity contribution in [3.8, 4) is 17.2 Å². The molecule has 1 heterocycles. The number of carbonyl (C=O) groups is 1. The number of nitrogens with zero attached hydrogens (tertiary/aromatic N) is 2. The maximum Gasteiger partial charge on any atom is 0.203 e. The van der Waals surface area contributed by atoms with Crippen LogP contribution in [0.5, 0.6) is 17.2 Å². The number of piperazine rings is 1. The molecule has 2 aromatic carbocycles. The van der Waals surface area contributed by atoms with Crippen LogP contribution in [-0.4, -0.2) is 64.2 Å². The molecule has 0 aromatic heterocycles. The highest BCUT2D eigenvalue weighted by Crippen LogP contribution is 2.38. The second-order valence-electron chi connectivity index (χ2n) is 6.81. The smallest absolute Gasteiger partial charge is 0.203 e. The molecule has 1 saturated heterocycles. The summed E-state index contributed by atoms with van der Waals surface area (Å²) in [4.78, 5) is 17.7. The number of benzene rings is 2. The van der Waals surface area contributed by atoms with Gasteiger partial charge in [-0.15, -0.1) is 12.4 Å². The van der Waals surface area contributed by atoms with E-state index < -0.39 is 0 Å². The molecular formula is C22H29ClN2O4. The van der Waals surface area contributed by atoms with E-state index in [0.717, 1.165) is 26.2 Å². The van der Waals surface area contributed by atoms with Gasteiger partial charge in [0.05, 0.1) is 27.4 Å². The number of ether oxygens (including phenoxy) is 3. The number of halogens is 1. The predicted molar refractivity (Wildman–Crippen MR) is 117 cm³/mol. The van der Waals surface area contributed by atoms with E-state index in [1.807, 2.05) is 13.0 Å². The van der Waals surface area contributed by atoms with Gasteiger partial charge in [0.25, 0.3) is 0 Å². The average molecular weight is 421 g/mol. The molecule has 1 aliphatic heterocycles. The molecule has 0 spiro atoms. The Morgan fingerprint density at radius 3 is 1.93 bits per heavy atom. The lowest BCUT2D eigenvalue weighted by Crippen LogP contribution is -2.51. The van der Waals surface area contributed by atoms with Crippen molar-refractivity contribution in [1.82, 2.24) is 4.90 Å². The molecule has 0 aliphatic carbocycles. The van der Waals surface area contributed by atoms with Gasteiger partial charge >= 0.3 is 0 Å². The van der Waals surface area contributed by atoms with Gasteiger partial charge in [0.15, 0.2) is 17.3 Å². The molecule has 1 fully saturated rings. The predicted octanol–water partition coefficient (Wildman–Crippen LogP) is 3.53. The van der Waals surface area contributed by atoms with E-state index in [2.05, 4.69) is 34.1 Å². The third kappa shape index (κ3) is 4.95. The Balaban J connectivity index is 0.00000300. The molecule has 1 unspecified atom stereocenters. The fourth-order valence-electron chi connectivity index (χ4n) is 3.64. The maximum absolute atomic E-state index is 13.1. The van der Waals surface area contributed by atoms with Crippen molar-refractivity contribution in [2.75, 3.05) is 52.4 Å². The van der Waals surface area contributed by atoms with Crippen molar-refractivity contribution in [2.45, 2.75) is 13.0 Å². The van der Waals surface area contributed by atoms with E-state index in [9.17, 15) is 4.79 Å². The first kappa shape index (κ1) is 22.8. The molecule has 29 heavy (non-hydrogen) atoms. The molecule has 0 bridgehead atoms. The minimum atomic E-state index is -0.222. The van der Waals surface area contributed by atoms with Gasteiger partial charge in [0, 0.05) is 37.4 Å².